The fraction of sp³-hybridized carbons (Fsp3) is 0.375. The Morgan fingerprint density at radius 1 is 1.46 bits per heavy atom. The van der Waals surface area contributed by atoms with Crippen molar-refractivity contribution in [3.05, 3.63) is 29.6 Å². The van der Waals surface area contributed by atoms with Crippen LogP contribution in [0.4, 0.5) is 8.78 Å². The van der Waals surface area contributed by atoms with Crippen LogP contribution in [0.2, 0.25) is 0 Å². The van der Waals surface area contributed by atoms with Crippen molar-refractivity contribution in [2.75, 3.05) is 13.6 Å². The van der Waals surface area contributed by atoms with Crippen molar-refractivity contribution in [3.63, 3.8) is 0 Å². The molecule has 1 heterocycles. The Labute approximate surface area is 74.4 Å². The molecule has 0 saturated heterocycles. The van der Waals surface area contributed by atoms with E-state index in [1.807, 2.05) is 0 Å². The van der Waals surface area contributed by atoms with Crippen LogP contribution < -0.4 is 5.32 Å². The maximum atomic E-state index is 12.9. The zero-order chi connectivity index (χ0) is 9.84. The van der Waals surface area contributed by atoms with Crippen LogP contribution in [0.3, 0.4) is 0 Å². The number of likely N-dealkylation sites (N-methyl/N-ethyl adjacent to an activating group) is 1. The van der Waals surface area contributed by atoms with Crippen molar-refractivity contribution in [3.8, 4) is 0 Å². The third-order valence-electron chi connectivity index (χ3n) is 1.62. The van der Waals surface area contributed by atoms with Gasteiger partial charge in [-0.3, -0.25) is 4.98 Å². The van der Waals surface area contributed by atoms with Gasteiger partial charge in [-0.05, 0) is 7.05 Å². The van der Waals surface area contributed by atoms with Crippen LogP contribution in [-0.4, -0.2) is 23.7 Å². The molecular weight excluding hydrogens is 178 g/mol. The van der Waals surface area contributed by atoms with E-state index in [0.29, 0.717) is 0 Å². The van der Waals surface area contributed by atoms with E-state index >= 15 is 0 Å². The van der Waals surface area contributed by atoms with Crippen LogP contribution in [0.25, 0.3) is 0 Å². The predicted molar refractivity (Wildman–Crippen MR) is 43.0 cm³/mol. The summed E-state index contributed by atoms with van der Waals surface area (Å²) in [6.07, 6.45) is 0.558. The minimum absolute atomic E-state index is 0.0951. The molecule has 3 nitrogen and oxygen atoms in total. The van der Waals surface area contributed by atoms with E-state index < -0.39 is 17.7 Å². The largest absolute Gasteiger partial charge is 0.387 e. The van der Waals surface area contributed by atoms with Crippen molar-refractivity contribution in [2.24, 2.45) is 0 Å². The number of aliphatic hydroxyl groups is 1. The van der Waals surface area contributed by atoms with Gasteiger partial charge in [0.2, 0.25) is 0 Å². The van der Waals surface area contributed by atoms with Gasteiger partial charge < -0.3 is 10.4 Å². The van der Waals surface area contributed by atoms with Gasteiger partial charge in [0.05, 0.1) is 24.1 Å². The summed E-state index contributed by atoms with van der Waals surface area (Å²) in [5.41, 5.74) is -0.343. The molecule has 1 unspecified atom stereocenters. The second-order valence-electron chi connectivity index (χ2n) is 2.59. The normalized spacial score (nSPS) is 12.9. The number of hydrogen-bond acceptors (Lipinski definition) is 3. The summed E-state index contributed by atoms with van der Waals surface area (Å²) in [6.45, 7) is 0.0951. The highest BCUT2D eigenvalue weighted by Crippen LogP contribution is 2.18. The zero-order valence-electron chi connectivity index (χ0n) is 7.09. The van der Waals surface area contributed by atoms with Gasteiger partial charge in [0, 0.05) is 6.54 Å². The second-order valence-corrected chi connectivity index (χ2v) is 2.59. The monoisotopic (exact) mass is 188 g/mol. The lowest BCUT2D eigenvalue weighted by Gasteiger charge is -2.11. The molecule has 2 N–H and O–H groups in total. The molecule has 0 aliphatic carbocycles. The topological polar surface area (TPSA) is 45.1 Å². The third kappa shape index (κ3) is 2.19. The van der Waals surface area contributed by atoms with Gasteiger partial charge in [-0.25, -0.2) is 8.78 Å². The first kappa shape index (κ1) is 10.0. The first-order valence-electron chi connectivity index (χ1n) is 3.78. The average Bonchev–Trinajstić information content (AvgIpc) is 2.04. The molecule has 1 aromatic rings. The predicted octanol–water partition coefficient (Wildman–Crippen LogP) is 0.613. The molecule has 1 rings (SSSR count). The first-order valence-corrected chi connectivity index (χ1v) is 3.78. The summed E-state index contributed by atoms with van der Waals surface area (Å²) in [5, 5.41) is 11.9. The van der Waals surface area contributed by atoms with Gasteiger partial charge in [-0.1, -0.05) is 0 Å². The lowest BCUT2D eigenvalue weighted by Crippen LogP contribution is -2.19. The molecule has 0 fully saturated rings. The molecule has 72 valence electrons. The fourth-order valence-corrected chi connectivity index (χ4v) is 1.04. The highest BCUT2D eigenvalue weighted by molar-refractivity contribution is 5.18. The van der Waals surface area contributed by atoms with Crippen LogP contribution in [0, 0.1) is 11.6 Å². The summed E-state index contributed by atoms with van der Waals surface area (Å²) in [4.78, 5) is 3.31. The molecule has 0 amide bonds. The van der Waals surface area contributed by atoms with Gasteiger partial charge in [0.1, 0.15) is 11.6 Å². The highest BCUT2D eigenvalue weighted by atomic mass is 19.1. The molecule has 13 heavy (non-hydrogen) atoms. The van der Waals surface area contributed by atoms with Crippen molar-refractivity contribution < 1.29 is 13.9 Å². The van der Waals surface area contributed by atoms with Crippen LogP contribution in [0.15, 0.2) is 12.4 Å². The van der Waals surface area contributed by atoms with Gasteiger partial charge in [0.15, 0.2) is 0 Å². The smallest absolute Gasteiger partial charge is 0.150 e. The number of nitrogens with zero attached hydrogens (tertiary/aromatic N) is 1. The molecule has 0 aliphatic heterocycles. The number of halogens is 2. The quantitative estimate of drug-likeness (QED) is 0.730. The Kier molecular flexibility index (Phi) is 3.27. The molecule has 0 spiro atoms. The van der Waals surface area contributed by atoms with E-state index in [9.17, 15) is 13.9 Å². The second kappa shape index (κ2) is 4.25. The summed E-state index contributed by atoms with van der Waals surface area (Å²) in [7, 11) is 1.58. The summed E-state index contributed by atoms with van der Waals surface area (Å²) in [6, 6.07) is 0. The average molecular weight is 188 g/mol. The molecule has 5 heteroatoms. The molecular formula is C8H10F2N2O. The lowest BCUT2D eigenvalue weighted by molar-refractivity contribution is 0.167. The van der Waals surface area contributed by atoms with Crippen molar-refractivity contribution in [1.82, 2.24) is 10.3 Å². The molecule has 1 aromatic heterocycles. The maximum absolute atomic E-state index is 12.9. The number of rotatable bonds is 3. The Hall–Kier alpha value is -1.07. The number of pyridine rings is 1. The van der Waals surface area contributed by atoms with E-state index in [4.69, 9.17) is 0 Å². The molecule has 0 radical (unpaired) electrons. The van der Waals surface area contributed by atoms with Crippen LogP contribution in [0.5, 0.6) is 0 Å². The Morgan fingerprint density at radius 2 is 2.00 bits per heavy atom. The third-order valence-corrected chi connectivity index (χ3v) is 1.62. The molecule has 1 atom stereocenters. The number of hydrogen-bond donors (Lipinski definition) is 2. The van der Waals surface area contributed by atoms with Crippen LogP contribution in [0.1, 0.15) is 11.7 Å². The highest BCUT2D eigenvalue weighted by Gasteiger charge is 2.17. The Morgan fingerprint density at radius 3 is 2.46 bits per heavy atom. The van der Waals surface area contributed by atoms with Gasteiger partial charge in [0.25, 0.3) is 0 Å². The zero-order valence-corrected chi connectivity index (χ0v) is 7.09. The van der Waals surface area contributed by atoms with Crippen molar-refractivity contribution >= 4 is 0 Å². The van der Waals surface area contributed by atoms with E-state index in [-0.39, 0.29) is 12.1 Å². The SMILES string of the molecule is CNCC(O)c1c(F)cncc1F. The van der Waals surface area contributed by atoms with E-state index in [1.165, 1.54) is 0 Å². The number of aromatic nitrogens is 1. The minimum Gasteiger partial charge on any atom is -0.387 e. The van der Waals surface area contributed by atoms with Gasteiger partial charge in [-0.15, -0.1) is 0 Å². The molecule has 0 aliphatic rings. The molecule has 0 bridgehead atoms. The Balaban J connectivity index is 2.98. The van der Waals surface area contributed by atoms with Gasteiger partial charge in [-0.2, -0.15) is 0 Å². The first-order chi connectivity index (χ1) is 6.16. The lowest BCUT2D eigenvalue weighted by atomic mass is 10.1. The fourth-order valence-electron chi connectivity index (χ4n) is 1.04. The van der Waals surface area contributed by atoms with Crippen LogP contribution in [-0.2, 0) is 0 Å². The van der Waals surface area contributed by atoms with E-state index in [2.05, 4.69) is 10.3 Å². The summed E-state index contributed by atoms with van der Waals surface area (Å²) in [5.74, 6) is -1.66. The van der Waals surface area contributed by atoms with Crippen LogP contribution >= 0.6 is 0 Å². The van der Waals surface area contributed by atoms with E-state index in [1.54, 1.807) is 7.05 Å². The van der Waals surface area contributed by atoms with E-state index in [0.717, 1.165) is 12.4 Å². The molecule has 0 saturated carbocycles. The maximum Gasteiger partial charge on any atom is 0.150 e. The number of aliphatic hydroxyl groups excluding tert-OH is 1. The summed E-state index contributed by atoms with van der Waals surface area (Å²) >= 11 is 0. The van der Waals surface area contributed by atoms with Crippen molar-refractivity contribution in [2.45, 2.75) is 6.10 Å². The molecule has 0 aromatic carbocycles. The summed E-state index contributed by atoms with van der Waals surface area (Å²) < 4.78 is 25.9. The van der Waals surface area contributed by atoms with Gasteiger partial charge >= 0.3 is 0 Å². The number of nitrogens with one attached hydrogen (secondary N) is 1. The Bertz CT molecular complexity index is 273. The standard InChI is InChI=1S/C8H10F2N2O/c1-11-4-7(13)8-5(9)2-12-3-6(8)10/h2-3,7,11,13H,4H2,1H3. The minimum atomic E-state index is -1.19. The van der Waals surface area contributed by atoms with Crippen molar-refractivity contribution in [1.29, 1.82) is 0 Å².